The van der Waals surface area contributed by atoms with Crippen molar-refractivity contribution in [1.82, 2.24) is 20.0 Å². The number of aliphatic hydroxyl groups excluding tert-OH is 2. The van der Waals surface area contributed by atoms with Gasteiger partial charge < -0.3 is 35.3 Å². The van der Waals surface area contributed by atoms with Crippen molar-refractivity contribution < 1.29 is 29.0 Å². The number of rotatable bonds is 6. The van der Waals surface area contributed by atoms with Crippen LogP contribution in [0, 0.1) is 0 Å². The van der Waals surface area contributed by atoms with Gasteiger partial charge in [-0.2, -0.15) is 4.98 Å². The number of aromatic nitrogens is 3. The first kappa shape index (κ1) is 21.5. The van der Waals surface area contributed by atoms with Gasteiger partial charge in [0.2, 0.25) is 0 Å². The number of hydrogen-bond acceptors (Lipinski definition) is 10. The molecule has 12 heteroatoms. The number of aliphatic hydroxyl groups is 2. The Morgan fingerprint density at radius 1 is 1.28 bits per heavy atom. The lowest BCUT2D eigenvalue weighted by molar-refractivity contribution is -0.138. The summed E-state index contributed by atoms with van der Waals surface area (Å²) in [6, 6.07) is 10.2. The van der Waals surface area contributed by atoms with Crippen LogP contribution in [-0.2, 0) is 16.1 Å². The Balaban J connectivity index is 1.41. The van der Waals surface area contributed by atoms with E-state index in [4.69, 9.17) is 19.7 Å². The number of nitrogen functional groups attached to an aromatic ring is 1. The maximum Gasteiger partial charge on any atom is 0.351 e. The van der Waals surface area contributed by atoms with Crippen LogP contribution in [0.15, 0.2) is 51.9 Å². The Labute approximate surface area is 181 Å². The lowest BCUT2D eigenvalue weighted by Crippen LogP contribution is -2.42. The summed E-state index contributed by atoms with van der Waals surface area (Å²) in [6.07, 6.45) is -4.53. The Kier molecular flexibility index (Phi) is 5.90. The van der Waals surface area contributed by atoms with Crippen molar-refractivity contribution in [1.29, 1.82) is 0 Å². The van der Waals surface area contributed by atoms with Crippen LogP contribution in [0.3, 0.4) is 0 Å². The molecule has 0 unspecified atom stereocenters. The molecule has 0 spiro atoms. The topological polar surface area (TPSA) is 175 Å². The predicted molar refractivity (Wildman–Crippen MR) is 109 cm³/mol. The summed E-state index contributed by atoms with van der Waals surface area (Å²) in [5.41, 5.74) is 5.85. The summed E-state index contributed by atoms with van der Waals surface area (Å²) in [4.78, 5) is 28.1. The monoisotopic (exact) mass is 443 g/mol. The molecule has 1 aliphatic heterocycles. The van der Waals surface area contributed by atoms with E-state index in [-0.39, 0.29) is 12.4 Å². The molecule has 168 valence electrons. The van der Waals surface area contributed by atoms with Crippen LogP contribution >= 0.6 is 0 Å². The lowest BCUT2D eigenvalue weighted by atomic mass is 10.1. The minimum Gasteiger partial charge on any atom is -0.497 e. The highest BCUT2D eigenvalue weighted by molar-refractivity contribution is 5.81. The van der Waals surface area contributed by atoms with Gasteiger partial charge in [-0.1, -0.05) is 17.3 Å². The normalized spacial score (nSPS) is 22.6. The summed E-state index contributed by atoms with van der Waals surface area (Å²) in [7, 11) is 1.56. The standard InChI is InChI=1S/C20H21N5O7/c1-30-12-4-2-3-10(7-12)13-8-11(24-32-13)9-22-18(28)17-15(26)16(27)19(31-17)25-6-5-14(21)23-20(25)29/h2-8,15-17,19,26-27H,9H2,1H3,(H,22,28)(H2,21,23,29)/t15-,16+,17-,19+/m0/s1. The largest absolute Gasteiger partial charge is 0.497 e. The molecule has 0 radical (unpaired) electrons. The maximum atomic E-state index is 12.5. The number of hydrogen-bond donors (Lipinski definition) is 4. The summed E-state index contributed by atoms with van der Waals surface area (Å²) in [5, 5.41) is 27.0. The van der Waals surface area contributed by atoms with Gasteiger partial charge in [0.05, 0.1) is 13.7 Å². The van der Waals surface area contributed by atoms with E-state index in [1.165, 1.54) is 12.3 Å². The average molecular weight is 443 g/mol. The first-order valence-electron chi connectivity index (χ1n) is 9.61. The van der Waals surface area contributed by atoms with E-state index in [1.54, 1.807) is 31.4 Å². The molecular weight excluding hydrogens is 422 g/mol. The van der Waals surface area contributed by atoms with Crippen LogP contribution in [-0.4, -0.2) is 56.2 Å². The number of carbonyl (C=O) groups excluding carboxylic acids is 1. The third-order valence-corrected chi connectivity index (χ3v) is 4.98. The molecule has 1 aliphatic rings. The molecular formula is C20H21N5O7. The summed E-state index contributed by atoms with van der Waals surface area (Å²) in [5.74, 6) is 0.441. The quantitative estimate of drug-likeness (QED) is 0.386. The molecule has 1 aromatic carbocycles. The van der Waals surface area contributed by atoms with Crippen LogP contribution in [0.1, 0.15) is 11.9 Å². The van der Waals surface area contributed by atoms with Gasteiger partial charge in [0.25, 0.3) is 5.91 Å². The molecule has 0 aliphatic carbocycles. The molecule has 3 heterocycles. The molecule has 1 amide bonds. The average Bonchev–Trinajstić information content (AvgIpc) is 3.38. The number of nitrogens with zero attached hydrogens (tertiary/aromatic N) is 3. The van der Waals surface area contributed by atoms with Crippen molar-refractivity contribution in [3.63, 3.8) is 0 Å². The van der Waals surface area contributed by atoms with E-state index in [0.29, 0.717) is 17.2 Å². The Morgan fingerprint density at radius 3 is 2.84 bits per heavy atom. The predicted octanol–water partition coefficient (Wildman–Crippen LogP) is -0.575. The highest BCUT2D eigenvalue weighted by Crippen LogP contribution is 2.29. The van der Waals surface area contributed by atoms with Crippen LogP contribution in [0.25, 0.3) is 11.3 Å². The fraction of sp³-hybridized carbons (Fsp3) is 0.300. The fourth-order valence-corrected chi connectivity index (χ4v) is 3.31. The minimum absolute atomic E-state index is 0.00509. The summed E-state index contributed by atoms with van der Waals surface area (Å²) < 4.78 is 16.9. The van der Waals surface area contributed by atoms with Crippen LogP contribution in [0.2, 0.25) is 0 Å². The highest BCUT2D eigenvalue weighted by atomic mass is 16.6. The van der Waals surface area contributed by atoms with E-state index in [0.717, 1.165) is 10.1 Å². The summed E-state index contributed by atoms with van der Waals surface area (Å²) >= 11 is 0. The first-order valence-corrected chi connectivity index (χ1v) is 9.61. The van der Waals surface area contributed by atoms with Crippen LogP contribution in [0.4, 0.5) is 5.82 Å². The van der Waals surface area contributed by atoms with E-state index >= 15 is 0 Å². The molecule has 1 fully saturated rings. The molecule has 0 saturated carbocycles. The number of benzene rings is 1. The number of carbonyl (C=O) groups is 1. The zero-order valence-corrected chi connectivity index (χ0v) is 16.9. The molecule has 12 nitrogen and oxygen atoms in total. The van der Waals surface area contributed by atoms with Crippen molar-refractivity contribution in [2.45, 2.75) is 31.1 Å². The van der Waals surface area contributed by atoms with Gasteiger partial charge >= 0.3 is 5.69 Å². The second-order valence-electron chi connectivity index (χ2n) is 7.10. The number of ether oxygens (including phenoxy) is 2. The smallest absolute Gasteiger partial charge is 0.351 e. The lowest BCUT2D eigenvalue weighted by Gasteiger charge is -2.16. The molecule has 4 rings (SSSR count). The van der Waals surface area contributed by atoms with Crippen LogP contribution in [0.5, 0.6) is 5.75 Å². The van der Waals surface area contributed by atoms with Gasteiger partial charge in [0.15, 0.2) is 18.1 Å². The maximum absolute atomic E-state index is 12.5. The summed E-state index contributed by atoms with van der Waals surface area (Å²) in [6.45, 7) is -0.0109. The minimum atomic E-state index is -1.56. The zero-order chi connectivity index (χ0) is 22.8. The molecule has 3 aromatic rings. The Bertz CT molecular complexity index is 1180. The van der Waals surface area contributed by atoms with Gasteiger partial charge in [0.1, 0.15) is 29.5 Å². The van der Waals surface area contributed by atoms with Gasteiger partial charge in [-0.05, 0) is 18.2 Å². The Morgan fingerprint density at radius 2 is 2.09 bits per heavy atom. The molecule has 2 aromatic heterocycles. The van der Waals surface area contributed by atoms with E-state index < -0.39 is 36.1 Å². The zero-order valence-electron chi connectivity index (χ0n) is 16.9. The van der Waals surface area contributed by atoms with Crippen molar-refractivity contribution in [2.75, 3.05) is 12.8 Å². The number of nitrogens with one attached hydrogen (secondary N) is 1. The van der Waals surface area contributed by atoms with Crippen molar-refractivity contribution in [3.05, 3.63) is 58.8 Å². The van der Waals surface area contributed by atoms with Gasteiger partial charge in [-0.3, -0.25) is 9.36 Å². The van der Waals surface area contributed by atoms with Crippen LogP contribution < -0.4 is 21.5 Å². The number of nitrogens with two attached hydrogens (primary N) is 1. The highest BCUT2D eigenvalue weighted by Gasteiger charge is 2.47. The van der Waals surface area contributed by atoms with E-state index in [2.05, 4.69) is 15.5 Å². The third-order valence-electron chi connectivity index (χ3n) is 4.98. The first-order chi connectivity index (χ1) is 15.4. The van der Waals surface area contributed by atoms with Crippen molar-refractivity contribution in [2.24, 2.45) is 0 Å². The Hall–Kier alpha value is -3.74. The van der Waals surface area contributed by atoms with E-state index in [1.807, 2.05) is 6.07 Å². The number of anilines is 1. The molecule has 1 saturated heterocycles. The SMILES string of the molecule is COc1cccc(-c2cc(CNC(=O)[C@H]3O[C@@H](n4ccc(N)nc4=O)[C@H](O)[C@@H]3O)no2)c1. The van der Waals surface area contributed by atoms with Gasteiger partial charge in [0, 0.05) is 17.8 Å². The van der Waals surface area contributed by atoms with Gasteiger partial charge in [-0.15, -0.1) is 0 Å². The van der Waals surface area contributed by atoms with Crippen molar-refractivity contribution in [3.8, 4) is 17.1 Å². The molecule has 5 N–H and O–H groups in total. The van der Waals surface area contributed by atoms with Crippen molar-refractivity contribution >= 4 is 11.7 Å². The van der Waals surface area contributed by atoms with E-state index in [9.17, 15) is 19.8 Å². The molecule has 4 atom stereocenters. The second kappa shape index (κ2) is 8.78. The molecule has 32 heavy (non-hydrogen) atoms. The second-order valence-corrected chi connectivity index (χ2v) is 7.10. The fourth-order valence-electron chi connectivity index (χ4n) is 3.31. The molecule has 0 bridgehead atoms. The number of methoxy groups -OCH3 is 1. The van der Waals surface area contributed by atoms with Gasteiger partial charge in [-0.25, -0.2) is 4.79 Å². The third kappa shape index (κ3) is 4.19. The number of amides is 1.